The maximum atomic E-state index is 6.09. The Bertz CT molecular complexity index is 1970. The lowest BCUT2D eigenvalue weighted by Gasteiger charge is -2.04. The van der Waals surface area contributed by atoms with E-state index in [-0.39, 0.29) is 0 Å². The Morgan fingerprint density at radius 3 is 1.27 bits per heavy atom. The van der Waals surface area contributed by atoms with Crippen LogP contribution in [0.15, 0.2) is 84.9 Å². The molecule has 0 unspecified atom stereocenters. The molecule has 4 nitrogen and oxygen atoms in total. The van der Waals surface area contributed by atoms with Gasteiger partial charge in [0, 0.05) is 22.2 Å². The van der Waals surface area contributed by atoms with E-state index in [1.165, 1.54) is 0 Å². The van der Waals surface area contributed by atoms with Gasteiger partial charge < -0.3 is 9.97 Å². The molecular weight excluding hydrogens is 488 g/mol. The number of rotatable bonds is 2. The molecule has 2 aliphatic heterocycles. The molecule has 0 saturated carbocycles. The minimum Gasteiger partial charge on any atom is -0.354 e. The summed E-state index contributed by atoms with van der Waals surface area (Å²) < 4.78 is 0. The molecule has 3 aromatic heterocycles. The van der Waals surface area contributed by atoms with Crippen molar-refractivity contribution in [2.24, 2.45) is 0 Å². The monoisotopic (exact) mass is 510 g/mol. The molecule has 0 aliphatic carbocycles. The Labute approximate surface area is 231 Å². The first kappa shape index (κ1) is 23.3. The van der Waals surface area contributed by atoms with Gasteiger partial charge in [0.1, 0.15) is 0 Å². The molecule has 0 amide bonds. The molecule has 186 valence electrons. The number of hydrogen-bond donors (Lipinski definition) is 2. The Morgan fingerprint density at radius 1 is 0.450 bits per heavy atom. The van der Waals surface area contributed by atoms with E-state index in [1.807, 2.05) is 85.0 Å². The van der Waals surface area contributed by atoms with Crippen LogP contribution >= 0.6 is 0 Å². The average molecular weight is 511 g/mol. The standard InChI is InChI=1S/C36H22N4/c1-3-25-27-15-19-31(37-27)35(23-11-7-5-8-12-23)33-21-17-29(39-33)26(4-2)30-18-22-34(40-30)36(24-13-9-6-10-14-24)32-20-16-28(25)38-32/h1-2,5-22,37-38H. The van der Waals surface area contributed by atoms with Crippen molar-refractivity contribution < 1.29 is 0 Å². The lowest BCUT2D eigenvalue weighted by Crippen LogP contribution is -1.90. The van der Waals surface area contributed by atoms with Crippen LogP contribution in [0.1, 0.15) is 33.9 Å². The lowest BCUT2D eigenvalue weighted by molar-refractivity contribution is 1.26. The van der Waals surface area contributed by atoms with Gasteiger partial charge in [0.15, 0.2) is 0 Å². The summed E-state index contributed by atoms with van der Waals surface area (Å²) in [5.74, 6) is 5.75. The summed E-state index contributed by atoms with van der Waals surface area (Å²) in [5.41, 5.74) is 11.9. The molecule has 0 spiro atoms. The number of fused-ring (bicyclic) bond motifs is 8. The predicted octanol–water partition coefficient (Wildman–Crippen LogP) is 7.95. The van der Waals surface area contributed by atoms with Crippen molar-refractivity contribution in [1.82, 2.24) is 19.9 Å². The van der Waals surface area contributed by atoms with Crippen LogP contribution in [0, 0.1) is 24.7 Å². The first-order chi connectivity index (χ1) is 19.7. The molecule has 5 heterocycles. The average Bonchev–Trinajstić information content (AvgIpc) is 3.81. The summed E-state index contributed by atoms with van der Waals surface area (Å²) in [7, 11) is 0. The molecule has 0 radical (unpaired) electrons. The van der Waals surface area contributed by atoms with E-state index in [0.29, 0.717) is 17.0 Å². The fourth-order valence-corrected chi connectivity index (χ4v) is 5.33. The highest BCUT2D eigenvalue weighted by molar-refractivity contribution is 5.95. The molecule has 4 heteroatoms. The van der Waals surface area contributed by atoms with Crippen LogP contribution in [0.4, 0.5) is 0 Å². The number of aromatic amines is 2. The molecule has 0 atom stereocenters. The fourth-order valence-electron chi connectivity index (χ4n) is 5.33. The molecule has 5 aromatic rings. The normalized spacial score (nSPS) is 11.8. The number of nitrogens with one attached hydrogen (secondary N) is 2. The molecule has 40 heavy (non-hydrogen) atoms. The number of aromatic nitrogens is 4. The van der Waals surface area contributed by atoms with Crippen molar-refractivity contribution in [1.29, 1.82) is 0 Å². The SMILES string of the molecule is C#Cc1c2nc(c(-c3ccccc3)c3ccc([nH]3)c(C#C)c3ccc([nH]3)c(-c3ccccc3)c3nc1C=C3)C=C2. The van der Waals surface area contributed by atoms with E-state index >= 15 is 0 Å². The third-order valence-corrected chi connectivity index (χ3v) is 7.17. The van der Waals surface area contributed by atoms with Gasteiger partial charge in [-0.2, -0.15) is 0 Å². The van der Waals surface area contributed by atoms with Crippen LogP contribution in [-0.4, -0.2) is 19.9 Å². The van der Waals surface area contributed by atoms with Gasteiger partial charge in [0.05, 0.1) is 44.9 Å². The van der Waals surface area contributed by atoms with Gasteiger partial charge in [-0.1, -0.05) is 72.5 Å². The Hall–Kier alpha value is -5.84. The highest BCUT2D eigenvalue weighted by Gasteiger charge is 2.17. The summed E-state index contributed by atoms with van der Waals surface area (Å²) in [6.07, 6.45) is 20.1. The first-order valence-corrected chi connectivity index (χ1v) is 12.9. The van der Waals surface area contributed by atoms with E-state index < -0.39 is 0 Å². The second-order valence-electron chi connectivity index (χ2n) is 9.52. The summed E-state index contributed by atoms with van der Waals surface area (Å²) in [4.78, 5) is 17.2. The van der Waals surface area contributed by atoms with Crippen molar-refractivity contribution in [2.75, 3.05) is 0 Å². The minimum atomic E-state index is 0.645. The summed E-state index contributed by atoms with van der Waals surface area (Å²) in [6.45, 7) is 0. The molecule has 2 aliphatic rings. The van der Waals surface area contributed by atoms with Crippen molar-refractivity contribution in [3.8, 4) is 46.9 Å². The summed E-state index contributed by atoms with van der Waals surface area (Å²) >= 11 is 0. The van der Waals surface area contributed by atoms with Crippen molar-refractivity contribution in [2.45, 2.75) is 0 Å². The molecule has 2 aromatic carbocycles. The largest absolute Gasteiger partial charge is 0.354 e. The van der Waals surface area contributed by atoms with E-state index in [2.05, 4.69) is 46.1 Å². The zero-order valence-corrected chi connectivity index (χ0v) is 21.4. The van der Waals surface area contributed by atoms with Gasteiger partial charge in [-0.3, -0.25) is 0 Å². The third kappa shape index (κ3) is 3.84. The minimum absolute atomic E-state index is 0.645. The molecular formula is C36H22N4. The maximum Gasteiger partial charge on any atom is 0.0816 e. The van der Waals surface area contributed by atoms with Crippen LogP contribution in [0.25, 0.3) is 68.6 Å². The van der Waals surface area contributed by atoms with Crippen molar-refractivity contribution in [3.05, 3.63) is 119 Å². The topological polar surface area (TPSA) is 57.4 Å². The van der Waals surface area contributed by atoms with Crippen LogP contribution in [-0.2, 0) is 0 Å². The lowest BCUT2D eigenvalue weighted by atomic mass is 10.0. The quantitative estimate of drug-likeness (QED) is 0.232. The Balaban J connectivity index is 1.68. The predicted molar refractivity (Wildman–Crippen MR) is 166 cm³/mol. The van der Waals surface area contributed by atoms with Gasteiger partial charge >= 0.3 is 0 Å². The van der Waals surface area contributed by atoms with Gasteiger partial charge in [-0.05, 0) is 59.7 Å². The second-order valence-corrected chi connectivity index (χ2v) is 9.52. The van der Waals surface area contributed by atoms with Crippen LogP contribution in [0.2, 0.25) is 0 Å². The maximum absolute atomic E-state index is 6.09. The fraction of sp³-hybridized carbons (Fsp3) is 0. The highest BCUT2D eigenvalue weighted by atomic mass is 14.8. The van der Waals surface area contributed by atoms with E-state index in [9.17, 15) is 0 Å². The van der Waals surface area contributed by atoms with E-state index in [0.717, 1.165) is 61.3 Å². The molecule has 7 rings (SSSR count). The van der Waals surface area contributed by atoms with Crippen molar-refractivity contribution >= 4 is 46.4 Å². The van der Waals surface area contributed by atoms with Gasteiger partial charge in [0.25, 0.3) is 0 Å². The number of nitrogens with zero attached hydrogens (tertiary/aromatic N) is 2. The smallest absolute Gasteiger partial charge is 0.0816 e. The number of hydrogen-bond acceptors (Lipinski definition) is 2. The third-order valence-electron chi connectivity index (χ3n) is 7.17. The van der Waals surface area contributed by atoms with Crippen LogP contribution in [0.3, 0.4) is 0 Å². The highest BCUT2D eigenvalue weighted by Crippen LogP contribution is 2.33. The van der Waals surface area contributed by atoms with Gasteiger partial charge in [-0.15, -0.1) is 12.8 Å². The summed E-state index contributed by atoms with van der Waals surface area (Å²) in [6, 6.07) is 28.5. The molecule has 2 N–H and O–H groups in total. The van der Waals surface area contributed by atoms with E-state index in [1.54, 1.807) is 0 Å². The van der Waals surface area contributed by atoms with Gasteiger partial charge in [0.2, 0.25) is 0 Å². The molecule has 0 saturated heterocycles. The number of H-pyrrole nitrogens is 2. The van der Waals surface area contributed by atoms with E-state index in [4.69, 9.17) is 22.8 Å². The van der Waals surface area contributed by atoms with Crippen molar-refractivity contribution in [3.63, 3.8) is 0 Å². The van der Waals surface area contributed by atoms with Crippen LogP contribution < -0.4 is 0 Å². The summed E-state index contributed by atoms with van der Waals surface area (Å²) in [5, 5.41) is 0. The number of benzene rings is 2. The number of terminal acetylenes is 2. The zero-order chi connectivity index (χ0) is 27.1. The molecule has 8 bridgehead atoms. The van der Waals surface area contributed by atoms with Crippen LogP contribution in [0.5, 0.6) is 0 Å². The second kappa shape index (κ2) is 9.48. The van der Waals surface area contributed by atoms with Gasteiger partial charge in [-0.25, -0.2) is 9.97 Å². The molecule has 0 fully saturated rings. The first-order valence-electron chi connectivity index (χ1n) is 12.9. The Morgan fingerprint density at radius 2 is 0.850 bits per heavy atom. The zero-order valence-electron chi connectivity index (χ0n) is 21.4. The Kier molecular flexibility index (Phi) is 5.52.